The number of aromatic nitrogens is 1. The van der Waals surface area contributed by atoms with Crippen LogP contribution in [0.1, 0.15) is 22.5 Å². The van der Waals surface area contributed by atoms with E-state index >= 15 is 0 Å². The van der Waals surface area contributed by atoms with Crippen LogP contribution in [0.3, 0.4) is 0 Å². The molecule has 24 heavy (non-hydrogen) atoms. The summed E-state index contributed by atoms with van der Waals surface area (Å²) in [5.41, 5.74) is 0.736. The normalized spacial score (nSPS) is 17.1. The number of hydrogen-bond donors (Lipinski definition) is 1. The van der Waals surface area contributed by atoms with E-state index < -0.39 is 5.56 Å². The molecule has 128 valence electrons. The van der Waals surface area contributed by atoms with Gasteiger partial charge in [-0.25, -0.2) is 0 Å². The molecule has 1 saturated heterocycles. The fourth-order valence-electron chi connectivity index (χ4n) is 3.07. The molecule has 2 aromatic rings. The van der Waals surface area contributed by atoms with Crippen LogP contribution >= 0.6 is 0 Å². The predicted octanol–water partition coefficient (Wildman–Crippen LogP) is 1.69. The molecule has 1 aliphatic rings. The number of carbonyl (C=O) groups is 1. The first kappa shape index (κ1) is 16.2. The number of aromatic amines is 1. The number of nitrogens with zero attached hydrogens (tertiary/aromatic N) is 1. The van der Waals surface area contributed by atoms with Gasteiger partial charge in [-0.05, 0) is 36.5 Å². The number of H-pyrrole nitrogens is 1. The summed E-state index contributed by atoms with van der Waals surface area (Å²) in [6.45, 7) is 1.30. The van der Waals surface area contributed by atoms with E-state index in [1.165, 1.54) is 6.07 Å². The van der Waals surface area contributed by atoms with Crippen LogP contribution < -0.4 is 15.0 Å². The lowest BCUT2D eigenvalue weighted by atomic mass is 9.98. The fraction of sp³-hybridized carbons (Fsp3) is 0.412. The van der Waals surface area contributed by atoms with Crippen LogP contribution in [-0.4, -0.2) is 43.3 Å². The molecule has 7 heteroatoms. The van der Waals surface area contributed by atoms with Gasteiger partial charge in [-0.2, -0.15) is 5.16 Å². The van der Waals surface area contributed by atoms with Gasteiger partial charge in [0, 0.05) is 13.1 Å². The molecular weight excluding hydrogens is 312 g/mol. The van der Waals surface area contributed by atoms with Crippen molar-refractivity contribution in [2.75, 3.05) is 27.3 Å². The Kier molecular flexibility index (Phi) is 4.59. The van der Waals surface area contributed by atoms with Crippen molar-refractivity contribution in [1.82, 2.24) is 10.1 Å². The van der Waals surface area contributed by atoms with Gasteiger partial charge < -0.3 is 18.9 Å². The first-order chi connectivity index (χ1) is 11.6. The summed E-state index contributed by atoms with van der Waals surface area (Å²) < 4.78 is 15.5. The Morgan fingerprint density at radius 2 is 2.08 bits per heavy atom. The Balaban J connectivity index is 1.64. The third-order valence-corrected chi connectivity index (χ3v) is 4.28. The highest BCUT2D eigenvalue weighted by Gasteiger charge is 2.29. The Bertz CT molecular complexity index is 779. The van der Waals surface area contributed by atoms with Gasteiger partial charge in [0.1, 0.15) is 0 Å². The van der Waals surface area contributed by atoms with Crippen LogP contribution in [0.15, 0.2) is 33.6 Å². The number of likely N-dealkylation sites (tertiary alicyclic amines) is 1. The van der Waals surface area contributed by atoms with Crippen molar-refractivity contribution in [3.05, 3.63) is 45.9 Å². The quantitative estimate of drug-likeness (QED) is 0.900. The van der Waals surface area contributed by atoms with Crippen LogP contribution in [0.2, 0.25) is 0 Å². The fourth-order valence-corrected chi connectivity index (χ4v) is 3.07. The molecule has 1 aliphatic heterocycles. The summed E-state index contributed by atoms with van der Waals surface area (Å²) in [5.74, 6) is 1.58. The maximum atomic E-state index is 12.3. The van der Waals surface area contributed by atoms with Gasteiger partial charge >= 0.3 is 0 Å². The summed E-state index contributed by atoms with van der Waals surface area (Å²) >= 11 is 0. The standard InChI is InChI=1S/C17H20N2O5/c1-22-13-4-3-11(8-14(13)23-2)7-12-5-6-19(10-12)17(21)15-9-16(20)18-24-15/h3-4,8-9,12H,5-7,10H2,1-2H3,(H,18,20). The maximum absolute atomic E-state index is 12.3. The molecule has 0 bridgehead atoms. The number of ether oxygens (including phenoxy) is 2. The summed E-state index contributed by atoms with van der Waals surface area (Å²) in [4.78, 5) is 25.1. The molecule has 1 unspecified atom stereocenters. The first-order valence-corrected chi connectivity index (χ1v) is 7.79. The van der Waals surface area contributed by atoms with Crippen molar-refractivity contribution in [2.24, 2.45) is 5.92 Å². The molecule has 0 saturated carbocycles. The minimum Gasteiger partial charge on any atom is -0.493 e. The second-order valence-corrected chi connectivity index (χ2v) is 5.88. The zero-order valence-electron chi connectivity index (χ0n) is 13.7. The lowest BCUT2D eigenvalue weighted by Crippen LogP contribution is -2.28. The van der Waals surface area contributed by atoms with Gasteiger partial charge in [-0.1, -0.05) is 6.07 Å². The molecule has 1 N–H and O–H groups in total. The van der Waals surface area contributed by atoms with Gasteiger partial charge in [0.25, 0.3) is 11.5 Å². The average molecular weight is 332 g/mol. The highest BCUT2D eigenvalue weighted by molar-refractivity contribution is 5.91. The Morgan fingerprint density at radius 1 is 1.29 bits per heavy atom. The summed E-state index contributed by atoms with van der Waals surface area (Å²) in [6.07, 6.45) is 1.76. The number of methoxy groups -OCH3 is 2. The Hall–Kier alpha value is -2.70. The predicted molar refractivity (Wildman–Crippen MR) is 86.6 cm³/mol. The number of rotatable bonds is 5. The van der Waals surface area contributed by atoms with Crippen molar-refractivity contribution < 1.29 is 18.8 Å². The summed E-state index contributed by atoms with van der Waals surface area (Å²) in [5, 5.41) is 2.14. The van der Waals surface area contributed by atoms with E-state index in [1.54, 1.807) is 19.1 Å². The molecule has 2 heterocycles. The highest BCUT2D eigenvalue weighted by Crippen LogP contribution is 2.30. The molecule has 3 rings (SSSR count). The summed E-state index contributed by atoms with van der Waals surface area (Å²) in [6, 6.07) is 7.05. The van der Waals surface area contributed by atoms with Crippen LogP contribution in [0.25, 0.3) is 0 Å². The van der Waals surface area contributed by atoms with E-state index in [0.717, 1.165) is 18.4 Å². The zero-order chi connectivity index (χ0) is 17.1. The third-order valence-electron chi connectivity index (χ3n) is 4.28. The minimum atomic E-state index is -0.403. The second kappa shape index (κ2) is 6.82. The minimum absolute atomic E-state index is 0.0618. The molecule has 1 aromatic carbocycles. The van der Waals surface area contributed by atoms with E-state index in [0.29, 0.717) is 30.5 Å². The largest absolute Gasteiger partial charge is 0.493 e. The average Bonchev–Trinajstić information content (AvgIpc) is 3.23. The van der Waals surface area contributed by atoms with Crippen LogP contribution in [-0.2, 0) is 6.42 Å². The van der Waals surface area contributed by atoms with Gasteiger partial charge in [0.2, 0.25) is 5.76 Å². The van der Waals surface area contributed by atoms with E-state index in [-0.39, 0.29) is 11.7 Å². The van der Waals surface area contributed by atoms with Crippen molar-refractivity contribution in [3.8, 4) is 11.5 Å². The van der Waals surface area contributed by atoms with E-state index in [4.69, 9.17) is 14.0 Å². The number of benzene rings is 1. The molecule has 1 atom stereocenters. The van der Waals surface area contributed by atoms with Crippen molar-refractivity contribution in [2.45, 2.75) is 12.8 Å². The number of hydrogen-bond acceptors (Lipinski definition) is 5. The van der Waals surface area contributed by atoms with Crippen LogP contribution in [0.5, 0.6) is 11.5 Å². The van der Waals surface area contributed by atoms with Gasteiger partial charge in [-0.3, -0.25) is 9.59 Å². The van der Waals surface area contributed by atoms with Gasteiger partial charge in [0.15, 0.2) is 11.5 Å². The van der Waals surface area contributed by atoms with Crippen molar-refractivity contribution >= 4 is 5.91 Å². The van der Waals surface area contributed by atoms with Gasteiger partial charge in [-0.15, -0.1) is 0 Å². The van der Waals surface area contributed by atoms with E-state index in [2.05, 4.69) is 5.16 Å². The van der Waals surface area contributed by atoms with Crippen LogP contribution in [0.4, 0.5) is 0 Å². The first-order valence-electron chi connectivity index (χ1n) is 7.79. The SMILES string of the molecule is COc1ccc(CC2CCN(C(=O)c3cc(=O)[nH]o3)C2)cc1OC. The smallest absolute Gasteiger partial charge is 0.292 e. The third kappa shape index (κ3) is 3.29. The Morgan fingerprint density at radius 3 is 2.75 bits per heavy atom. The molecule has 0 radical (unpaired) electrons. The topological polar surface area (TPSA) is 84.8 Å². The van der Waals surface area contributed by atoms with Crippen molar-refractivity contribution in [1.29, 1.82) is 0 Å². The zero-order valence-corrected chi connectivity index (χ0v) is 13.7. The van der Waals surface area contributed by atoms with Gasteiger partial charge in [0.05, 0.1) is 20.3 Å². The van der Waals surface area contributed by atoms with E-state index in [9.17, 15) is 9.59 Å². The number of amides is 1. The number of nitrogens with one attached hydrogen (secondary N) is 1. The molecule has 7 nitrogen and oxygen atoms in total. The lowest BCUT2D eigenvalue weighted by molar-refractivity contribution is 0.0745. The molecular formula is C17H20N2O5. The monoisotopic (exact) mass is 332 g/mol. The van der Waals surface area contributed by atoms with Crippen LogP contribution in [0, 0.1) is 5.92 Å². The lowest BCUT2D eigenvalue weighted by Gasteiger charge is -2.15. The van der Waals surface area contributed by atoms with E-state index in [1.807, 2.05) is 18.2 Å². The molecule has 1 fully saturated rings. The Labute approximate surface area is 139 Å². The molecule has 1 amide bonds. The summed E-state index contributed by atoms with van der Waals surface area (Å²) in [7, 11) is 3.22. The molecule has 0 aliphatic carbocycles. The second-order valence-electron chi connectivity index (χ2n) is 5.88. The van der Waals surface area contributed by atoms with Crippen molar-refractivity contribution in [3.63, 3.8) is 0 Å². The molecule has 1 aromatic heterocycles. The highest BCUT2D eigenvalue weighted by atomic mass is 16.5. The number of carbonyl (C=O) groups excluding carboxylic acids is 1. The molecule has 0 spiro atoms. The maximum Gasteiger partial charge on any atom is 0.292 e.